The van der Waals surface area contributed by atoms with Gasteiger partial charge in [-0.05, 0) is 55.0 Å². The van der Waals surface area contributed by atoms with Crippen LogP contribution in [0.3, 0.4) is 0 Å². The molecule has 0 unspecified atom stereocenters. The molecule has 0 aliphatic carbocycles. The molecule has 4 rings (SSSR count). The highest BCUT2D eigenvalue weighted by Crippen LogP contribution is 2.32. The van der Waals surface area contributed by atoms with Gasteiger partial charge in [-0.1, -0.05) is 30.3 Å². The third-order valence-electron chi connectivity index (χ3n) is 5.53. The maximum Gasteiger partial charge on any atom is 0.123 e. The fourth-order valence-corrected chi connectivity index (χ4v) is 4.18. The average molecular weight is 324 g/mol. The lowest BCUT2D eigenvalue weighted by molar-refractivity contribution is 0.212. The third kappa shape index (κ3) is 3.32. The van der Waals surface area contributed by atoms with Crippen molar-refractivity contribution in [1.29, 1.82) is 0 Å². The summed E-state index contributed by atoms with van der Waals surface area (Å²) in [6, 6.07) is 16.5. The number of anilines is 1. The van der Waals surface area contributed by atoms with E-state index in [1.54, 1.807) is 6.07 Å². The molecule has 126 valence electrons. The molecule has 0 N–H and O–H groups in total. The minimum Gasteiger partial charge on any atom is -0.368 e. The Kier molecular flexibility index (Phi) is 4.52. The van der Waals surface area contributed by atoms with E-state index in [1.165, 1.54) is 43.1 Å². The SMILES string of the molecule is Fc1cccc(CCN2CCC(N3CCc4ccccc43)CC2)c1. The van der Waals surface area contributed by atoms with Gasteiger partial charge in [-0.25, -0.2) is 4.39 Å². The molecule has 2 heterocycles. The highest BCUT2D eigenvalue weighted by molar-refractivity contribution is 5.58. The molecule has 2 aliphatic heterocycles. The fourth-order valence-electron chi connectivity index (χ4n) is 4.18. The van der Waals surface area contributed by atoms with Gasteiger partial charge in [0, 0.05) is 37.9 Å². The van der Waals surface area contributed by atoms with Crippen molar-refractivity contribution in [2.75, 3.05) is 31.1 Å². The summed E-state index contributed by atoms with van der Waals surface area (Å²) < 4.78 is 13.3. The quantitative estimate of drug-likeness (QED) is 0.842. The molecule has 0 atom stereocenters. The Bertz CT molecular complexity index is 692. The lowest BCUT2D eigenvalue weighted by Gasteiger charge is -2.38. The summed E-state index contributed by atoms with van der Waals surface area (Å²) >= 11 is 0. The van der Waals surface area contributed by atoms with Crippen LogP contribution in [0.4, 0.5) is 10.1 Å². The Balaban J connectivity index is 1.30. The number of hydrogen-bond donors (Lipinski definition) is 0. The van der Waals surface area contributed by atoms with Gasteiger partial charge in [0.05, 0.1) is 0 Å². The summed E-state index contributed by atoms with van der Waals surface area (Å²) in [5.41, 5.74) is 4.06. The highest BCUT2D eigenvalue weighted by Gasteiger charge is 2.28. The van der Waals surface area contributed by atoms with Crippen molar-refractivity contribution in [3.8, 4) is 0 Å². The number of halogens is 1. The minimum absolute atomic E-state index is 0.126. The molecule has 2 nitrogen and oxygen atoms in total. The number of hydrogen-bond acceptors (Lipinski definition) is 2. The zero-order valence-electron chi connectivity index (χ0n) is 14.1. The largest absolute Gasteiger partial charge is 0.368 e. The molecule has 0 amide bonds. The van der Waals surface area contributed by atoms with E-state index < -0.39 is 0 Å². The van der Waals surface area contributed by atoms with Crippen molar-refractivity contribution < 1.29 is 4.39 Å². The van der Waals surface area contributed by atoms with Gasteiger partial charge in [-0.15, -0.1) is 0 Å². The van der Waals surface area contributed by atoms with E-state index in [0.29, 0.717) is 6.04 Å². The van der Waals surface area contributed by atoms with Gasteiger partial charge in [0.1, 0.15) is 5.82 Å². The van der Waals surface area contributed by atoms with Crippen LogP contribution < -0.4 is 4.90 Å². The Labute approximate surface area is 143 Å². The van der Waals surface area contributed by atoms with Crippen molar-refractivity contribution in [1.82, 2.24) is 4.90 Å². The lowest BCUT2D eigenvalue weighted by atomic mass is 10.0. The molecule has 1 fully saturated rings. The molecule has 0 aromatic heterocycles. The summed E-state index contributed by atoms with van der Waals surface area (Å²) in [5.74, 6) is -0.126. The lowest BCUT2D eigenvalue weighted by Crippen LogP contribution is -2.44. The van der Waals surface area contributed by atoms with Crippen LogP contribution in [0.2, 0.25) is 0 Å². The van der Waals surface area contributed by atoms with E-state index in [1.807, 2.05) is 12.1 Å². The molecule has 1 saturated heterocycles. The molecule has 0 bridgehead atoms. The molecule has 2 aromatic carbocycles. The zero-order valence-corrected chi connectivity index (χ0v) is 14.1. The molecule has 3 heteroatoms. The van der Waals surface area contributed by atoms with Crippen molar-refractivity contribution >= 4 is 5.69 Å². The van der Waals surface area contributed by atoms with Crippen molar-refractivity contribution in [3.05, 3.63) is 65.5 Å². The normalized spacial score (nSPS) is 18.8. The number of likely N-dealkylation sites (tertiary alicyclic amines) is 1. The predicted octanol–water partition coefficient (Wildman–Crippen LogP) is 3.90. The summed E-state index contributed by atoms with van der Waals surface area (Å²) in [7, 11) is 0. The Morgan fingerprint density at radius 1 is 0.958 bits per heavy atom. The van der Waals surface area contributed by atoms with Crippen LogP contribution >= 0.6 is 0 Å². The van der Waals surface area contributed by atoms with Crippen LogP contribution in [-0.2, 0) is 12.8 Å². The van der Waals surface area contributed by atoms with Crippen LogP contribution in [0.1, 0.15) is 24.0 Å². The molecule has 24 heavy (non-hydrogen) atoms. The molecular formula is C21H25FN2. The highest BCUT2D eigenvalue weighted by atomic mass is 19.1. The first-order chi connectivity index (χ1) is 11.8. The third-order valence-corrected chi connectivity index (χ3v) is 5.53. The minimum atomic E-state index is -0.126. The molecule has 0 radical (unpaired) electrons. The Morgan fingerprint density at radius 3 is 2.62 bits per heavy atom. The van der Waals surface area contributed by atoms with Gasteiger partial charge in [0.25, 0.3) is 0 Å². The van der Waals surface area contributed by atoms with E-state index >= 15 is 0 Å². The average Bonchev–Trinajstić information content (AvgIpc) is 3.05. The first-order valence-electron chi connectivity index (χ1n) is 9.11. The second kappa shape index (κ2) is 6.94. The standard InChI is InChI=1S/C21H25FN2/c22-19-6-3-4-17(16-19)8-12-23-13-10-20(11-14-23)24-15-9-18-5-1-2-7-21(18)24/h1-7,16,20H,8-15H2. The second-order valence-electron chi connectivity index (χ2n) is 7.02. The molecular weight excluding hydrogens is 299 g/mol. The van der Waals surface area contributed by atoms with Crippen molar-refractivity contribution in [2.24, 2.45) is 0 Å². The van der Waals surface area contributed by atoms with Gasteiger partial charge < -0.3 is 9.80 Å². The van der Waals surface area contributed by atoms with Crippen LogP contribution in [0.5, 0.6) is 0 Å². The predicted molar refractivity (Wildman–Crippen MR) is 97.1 cm³/mol. The van der Waals surface area contributed by atoms with Crippen LogP contribution in [0, 0.1) is 5.82 Å². The second-order valence-corrected chi connectivity index (χ2v) is 7.02. The number of para-hydroxylation sites is 1. The van der Waals surface area contributed by atoms with E-state index in [-0.39, 0.29) is 5.82 Å². The zero-order chi connectivity index (χ0) is 16.4. The number of fused-ring (bicyclic) bond motifs is 1. The molecule has 2 aliphatic rings. The van der Waals surface area contributed by atoms with E-state index in [2.05, 4.69) is 34.1 Å². The first kappa shape index (κ1) is 15.6. The summed E-state index contributed by atoms with van der Waals surface area (Å²) in [6.07, 6.45) is 4.60. The topological polar surface area (TPSA) is 6.48 Å². The molecule has 0 spiro atoms. The maximum absolute atomic E-state index is 13.3. The summed E-state index contributed by atoms with van der Waals surface area (Å²) in [4.78, 5) is 5.16. The van der Waals surface area contributed by atoms with E-state index in [0.717, 1.165) is 31.6 Å². The number of rotatable bonds is 4. The van der Waals surface area contributed by atoms with Crippen LogP contribution in [0.15, 0.2) is 48.5 Å². The Morgan fingerprint density at radius 2 is 1.79 bits per heavy atom. The van der Waals surface area contributed by atoms with Crippen molar-refractivity contribution in [2.45, 2.75) is 31.7 Å². The monoisotopic (exact) mass is 324 g/mol. The van der Waals surface area contributed by atoms with Crippen LogP contribution in [0.25, 0.3) is 0 Å². The van der Waals surface area contributed by atoms with Crippen molar-refractivity contribution in [3.63, 3.8) is 0 Å². The summed E-state index contributed by atoms with van der Waals surface area (Å²) in [5, 5.41) is 0. The molecule has 2 aromatic rings. The summed E-state index contributed by atoms with van der Waals surface area (Å²) in [6.45, 7) is 4.51. The maximum atomic E-state index is 13.3. The first-order valence-corrected chi connectivity index (χ1v) is 9.11. The number of benzene rings is 2. The fraction of sp³-hybridized carbons (Fsp3) is 0.429. The van der Waals surface area contributed by atoms with Gasteiger partial charge in [0.2, 0.25) is 0 Å². The Hall–Kier alpha value is -1.87. The smallest absolute Gasteiger partial charge is 0.123 e. The van der Waals surface area contributed by atoms with Gasteiger partial charge in [0.15, 0.2) is 0 Å². The van der Waals surface area contributed by atoms with Crippen LogP contribution in [-0.4, -0.2) is 37.1 Å². The number of nitrogens with zero attached hydrogens (tertiary/aromatic N) is 2. The number of piperidine rings is 1. The van der Waals surface area contributed by atoms with Gasteiger partial charge in [-0.2, -0.15) is 0 Å². The van der Waals surface area contributed by atoms with E-state index in [4.69, 9.17) is 0 Å². The van der Waals surface area contributed by atoms with Gasteiger partial charge in [-0.3, -0.25) is 0 Å². The van der Waals surface area contributed by atoms with Gasteiger partial charge >= 0.3 is 0 Å². The van der Waals surface area contributed by atoms with E-state index in [9.17, 15) is 4.39 Å². The molecule has 0 saturated carbocycles.